The van der Waals surface area contributed by atoms with Crippen molar-refractivity contribution in [3.8, 4) is 45.1 Å². The molecule has 0 spiro atoms. The minimum absolute atomic E-state index is 0.666. The summed E-state index contributed by atoms with van der Waals surface area (Å²) in [5, 5.41) is 8.32. The molecule has 0 saturated heterocycles. The smallest absolute Gasteiger partial charge is 0.235 e. The molecular weight excluding hydrogens is 753 g/mol. The standard InChI is InChI=1S/C58H40N4/c1-2-3-16-43-36-56-51(47-22-12-15-26-54(47)62(56)58-59-52-24-13-10-23-48(52)57(60-58)38-17-6-4-7-18-38)37-49(43)44-30-29-39-33-40(27-28-41(39)34-44)42-31-32-55-50(35-42)46-21-11-14-25-53(46)61(55)45-19-8-5-9-20-45/h2,4-15,17-37H,1,3,16H2. The largest absolute Gasteiger partial charge is 0.309 e. The number of para-hydroxylation sites is 4. The monoisotopic (exact) mass is 792 g/mol. The first-order valence-electron chi connectivity index (χ1n) is 21.3. The van der Waals surface area contributed by atoms with Gasteiger partial charge in [0.15, 0.2) is 0 Å². The van der Waals surface area contributed by atoms with Crippen LogP contribution in [0.2, 0.25) is 0 Å². The zero-order chi connectivity index (χ0) is 41.1. The first kappa shape index (κ1) is 35.8. The summed E-state index contributed by atoms with van der Waals surface area (Å²) < 4.78 is 4.62. The van der Waals surface area contributed by atoms with Gasteiger partial charge in [0.05, 0.1) is 33.3 Å². The lowest BCUT2D eigenvalue weighted by molar-refractivity contribution is 0.994. The molecule has 12 rings (SSSR count). The molecule has 0 N–H and O–H groups in total. The van der Waals surface area contributed by atoms with Crippen LogP contribution in [-0.4, -0.2) is 19.1 Å². The Hall–Kier alpha value is -8.08. The van der Waals surface area contributed by atoms with Gasteiger partial charge >= 0.3 is 0 Å². The molecular formula is C58H40N4. The molecule has 12 aromatic rings. The van der Waals surface area contributed by atoms with Crippen LogP contribution in [-0.2, 0) is 6.42 Å². The maximum absolute atomic E-state index is 5.33. The maximum atomic E-state index is 5.33. The fourth-order valence-corrected chi connectivity index (χ4v) is 9.59. The molecule has 0 aliphatic rings. The first-order chi connectivity index (χ1) is 30.7. The number of aromatic nitrogens is 4. The molecule has 0 unspecified atom stereocenters. The zero-order valence-corrected chi connectivity index (χ0v) is 34.0. The maximum Gasteiger partial charge on any atom is 0.235 e. The van der Waals surface area contributed by atoms with E-state index in [1.165, 1.54) is 76.9 Å². The van der Waals surface area contributed by atoms with E-state index < -0.39 is 0 Å². The highest BCUT2D eigenvalue weighted by atomic mass is 15.2. The Morgan fingerprint density at radius 3 is 1.76 bits per heavy atom. The molecule has 292 valence electrons. The SMILES string of the molecule is C=CCCc1cc2c(cc1-c1ccc3cc(-c4ccc5c(c4)c4ccccc4n5-c4ccccc4)ccc3c1)c1ccccc1n2-c1nc(-c2ccccc2)c2ccccc2n1. The fraction of sp³-hybridized carbons (Fsp3) is 0.0345. The van der Waals surface area contributed by atoms with E-state index >= 15 is 0 Å². The van der Waals surface area contributed by atoms with E-state index in [2.05, 4.69) is 210 Å². The van der Waals surface area contributed by atoms with Gasteiger partial charge in [-0.3, -0.25) is 4.57 Å². The normalized spacial score (nSPS) is 11.7. The fourth-order valence-electron chi connectivity index (χ4n) is 9.59. The Labute approximate surface area is 359 Å². The van der Waals surface area contributed by atoms with Gasteiger partial charge in [0.2, 0.25) is 5.95 Å². The summed E-state index contributed by atoms with van der Waals surface area (Å²) in [5.41, 5.74) is 14.8. The molecule has 0 aliphatic carbocycles. The molecule has 62 heavy (non-hydrogen) atoms. The molecule has 4 heteroatoms. The summed E-state index contributed by atoms with van der Waals surface area (Å²) in [4.78, 5) is 10.5. The molecule has 0 aliphatic heterocycles. The lowest BCUT2D eigenvalue weighted by atomic mass is 9.92. The quantitative estimate of drug-likeness (QED) is 0.144. The van der Waals surface area contributed by atoms with Crippen molar-refractivity contribution in [1.82, 2.24) is 19.1 Å². The lowest BCUT2D eigenvalue weighted by Crippen LogP contribution is -2.04. The second kappa shape index (κ2) is 14.6. The van der Waals surface area contributed by atoms with E-state index in [1.807, 2.05) is 12.1 Å². The molecule has 0 amide bonds. The van der Waals surface area contributed by atoms with Crippen LogP contribution in [0.25, 0.3) is 110 Å². The van der Waals surface area contributed by atoms with Crippen molar-refractivity contribution in [2.45, 2.75) is 12.8 Å². The van der Waals surface area contributed by atoms with Crippen LogP contribution in [0.5, 0.6) is 0 Å². The van der Waals surface area contributed by atoms with Crippen molar-refractivity contribution < 1.29 is 0 Å². The Balaban J connectivity index is 0.982. The van der Waals surface area contributed by atoms with Crippen LogP contribution in [0.3, 0.4) is 0 Å². The first-order valence-corrected chi connectivity index (χ1v) is 21.3. The average Bonchev–Trinajstić information content (AvgIpc) is 3.85. The van der Waals surface area contributed by atoms with Gasteiger partial charge in [-0.1, -0.05) is 140 Å². The molecule has 0 fully saturated rings. The van der Waals surface area contributed by atoms with Crippen molar-refractivity contribution in [2.75, 3.05) is 0 Å². The summed E-state index contributed by atoms with van der Waals surface area (Å²) in [6.07, 6.45) is 3.75. The highest BCUT2D eigenvalue weighted by Gasteiger charge is 2.20. The molecule has 3 aromatic heterocycles. The van der Waals surface area contributed by atoms with Gasteiger partial charge in [0.25, 0.3) is 0 Å². The number of fused-ring (bicyclic) bond motifs is 8. The van der Waals surface area contributed by atoms with E-state index in [0.29, 0.717) is 5.95 Å². The second-order valence-corrected chi connectivity index (χ2v) is 16.2. The number of hydrogen-bond acceptors (Lipinski definition) is 2. The Morgan fingerprint density at radius 1 is 0.419 bits per heavy atom. The van der Waals surface area contributed by atoms with E-state index in [9.17, 15) is 0 Å². The van der Waals surface area contributed by atoms with Gasteiger partial charge < -0.3 is 4.57 Å². The summed E-state index contributed by atoms with van der Waals surface area (Å²) in [7, 11) is 0. The molecule has 3 heterocycles. The highest BCUT2D eigenvalue weighted by Crippen LogP contribution is 2.40. The van der Waals surface area contributed by atoms with Crippen molar-refractivity contribution in [2.24, 2.45) is 0 Å². The van der Waals surface area contributed by atoms with E-state index in [-0.39, 0.29) is 0 Å². The summed E-state index contributed by atoms with van der Waals surface area (Å²) in [6, 6.07) is 72.2. The number of aryl methyl sites for hydroxylation is 1. The number of nitrogens with zero attached hydrogens (tertiary/aromatic N) is 4. The van der Waals surface area contributed by atoms with Crippen LogP contribution in [0.15, 0.2) is 213 Å². The van der Waals surface area contributed by atoms with Gasteiger partial charge in [-0.2, -0.15) is 0 Å². The van der Waals surface area contributed by atoms with Gasteiger partial charge in [0.1, 0.15) is 0 Å². The second-order valence-electron chi connectivity index (χ2n) is 16.2. The van der Waals surface area contributed by atoms with E-state index in [1.54, 1.807) is 0 Å². The zero-order valence-electron chi connectivity index (χ0n) is 34.0. The lowest BCUT2D eigenvalue weighted by Gasteiger charge is -2.14. The molecule has 0 radical (unpaired) electrons. The number of hydrogen-bond donors (Lipinski definition) is 0. The molecule has 4 nitrogen and oxygen atoms in total. The van der Waals surface area contributed by atoms with Gasteiger partial charge in [-0.15, -0.1) is 6.58 Å². The minimum Gasteiger partial charge on any atom is -0.309 e. The van der Waals surface area contributed by atoms with Crippen molar-refractivity contribution in [3.05, 3.63) is 218 Å². The predicted octanol–water partition coefficient (Wildman–Crippen LogP) is 15.1. The van der Waals surface area contributed by atoms with Crippen molar-refractivity contribution in [3.63, 3.8) is 0 Å². The summed E-state index contributed by atoms with van der Waals surface area (Å²) in [5.74, 6) is 0.666. The van der Waals surface area contributed by atoms with E-state index in [4.69, 9.17) is 9.97 Å². The van der Waals surface area contributed by atoms with Gasteiger partial charge in [-0.25, -0.2) is 9.97 Å². The number of rotatable bonds is 8. The minimum atomic E-state index is 0.666. The highest BCUT2D eigenvalue weighted by molar-refractivity contribution is 6.12. The third kappa shape index (κ3) is 5.83. The van der Waals surface area contributed by atoms with E-state index in [0.717, 1.165) is 46.0 Å². The summed E-state index contributed by atoms with van der Waals surface area (Å²) in [6.45, 7) is 4.10. The molecule has 0 atom stereocenters. The Bertz CT molecular complexity index is 3710. The van der Waals surface area contributed by atoms with Crippen molar-refractivity contribution in [1.29, 1.82) is 0 Å². The molecule has 0 saturated carbocycles. The van der Waals surface area contributed by atoms with Crippen LogP contribution in [0.4, 0.5) is 0 Å². The third-order valence-electron chi connectivity index (χ3n) is 12.5. The van der Waals surface area contributed by atoms with Gasteiger partial charge in [0, 0.05) is 38.2 Å². The summed E-state index contributed by atoms with van der Waals surface area (Å²) >= 11 is 0. The van der Waals surface area contributed by atoms with Crippen LogP contribution >= 0.6 is 0 Å². The topological polar surface area (TPSA) is 35.6 Å². The van der Waals surface area contributed by atoms with Crippen LogP contribution < -0.4 is 0 Å². The Morgan fingerprint density at radius 2 is 1.00 bits per heavy atom. The predicted molar refractivity (Wildman–Crippen MR) is 261 cm³/mol. The molecule has 9 aromatic carbocycles. The average molecular weight is 793 g/mol. The van der Waals surface area contributed by atoms with Gasteiger partial charge in [-0.05, 0) is 118 Å². The third-order valence-corrected chi connectivity index (χ3v) is 12.5. The Kier molecular flexibility index (Phi) is 8.42. The van der Waals surface area contributed by atoms with Crippen LogP contribution in [0, 0.1) is 0 Å². The van der Waals surface area contributed by atoms with Crippen molar-refractivity contribution >= 4 is 65.3 Å². The number of allylic oxidation sites excluding steroid dienone is 1. The molecule has 0 bridgehead atoms. The van der Waals surface area contributed by atoms with Crippen LogP contribution in [0.1, 0.15) is 12.0 Å². The number of benzene rings is 9.